The van der Waals surface area contributed by atoms with Gasteiger partial charge in [0.2, 0.25) is 0 Å². The molecule has 3 aromatic carbocycles. The molecule has 0 aliphatic rings. The van der Waals surface area contributed by atoms with Crippen molar-refractivity contribution >= 4 is 48.6 Å². The van der Waals surface area contributed by atoms with Crippen LogP contribution in [0.1, 0.15) is 16.2 Å². The number of carbonyl (C=O) groups excluding carboxylic acids is 1. The number of halogens is 1. The fraction of sp³-hybridized carbons (Fsp3) is 0.0909. The van der Waals surface area contributed by atoms with E-state index < -0.39 is 10.0 Å². The second kappa shape index (κ2) is 8.52. The van der Waals surface area contributed by atoms with Crippen LogP contribution in [0.2, 0.25) is 0 Å². The molecule has 31 heavy (non-hydrogen) atoms. The molecule has 7 nitrogen and oxygen atoms in total. The summed E-state index contributed by atoms with van der Waals surface area (Å²) in [7, 11) is -1.80. The van der Waals surface area contributed by atoms with Crippen molar-refractivity contribution in [3.63, 3.8) is 0 Å². The Morgan fingerprint density at radius 2 is 1.68 bits per heavy atom. The van der Waals surface area contributed by atoms with E-state index in [2.05, 4.69) is 31.0 Å². The number of rotatable bonds is 6. The predicted octanol–water partition coefficient (Wildman–Crippen LogP) is 4.07. The third-order valence-electron chi connectivity index (χ3n) is 4.81. The van der Waals surface area contributed by atoms with Crippen molar-refractivity contribution < 1.29 is 13.2 Å². The van der Waals surface area contributed by atoms with Gasteiger partial charge in [-0.3, -0.25) is 9.52 Å². The van der Waals surface area contributed by atoms with Gasteiger partial charge in [0.1, 0.15) is 5.82 Å². The third-order valence-corrected chi connectivity index (χ3v) is 6.74. The lowest BCUT2D eigenvalue weighted by molar-refractivity contribution is 0.0949. The molecule has 0 saturated carbocycles. The lowest BCUT2D eigenvalue weighted by Crippen LogP contribution is -2.24. The van der Waals surface area contributed by atoms with Gasteiger partial charge in [-0.15, -0.1) is 0 Å². The molecular weight excluding hydrogens is 480 g/mol. The summed E-state index contributed by atoms with van der Waals surface area (Å²) in [4.78, 5) is 17.2. The quantitative estimate of drug-likeness (QED) is 0.419. The number of hydrogen-bond donors (Lipinski definition) is 2. The Labute approximate surface area is 188 Å². The largest absolute Gasteiger partial charge is 0.345 e. The standard InChI is InChI=1S/C22H19BrN4O3S/c1-27-20-5-3-2-4-19(20)25-21(27)14-24-22(28)15-6-10-17(11-7-15)26-31(29,30)18-12-8-16(23)9-13-18/h2-13,26H,14H2,1H3,(H,24,28). The van der Waals surface area contributed by atoms with Gasteiger partial charge in [-0.1, -0.05) is 28.1 Å². The Bertz CT molecular complexity index is 1350. The topological polar surface area (TPSA) is 93.1 Å². The fourth-order valence-electron chi connectivity index (χ4n) is 3.13. The zero-order valence-electron chi connectivity index (χ0n) is 16.5. The van der Waals surface area contributed by atoms with Crippen LogP contribution in [0.3, 0.4) is 0 Å². The van der Waals surface area contributed by atoms with E-state index in [9.17, 15) is 13.2 Å². The SMILES string of the molecule is Cn1c(CNC(=O)c2ccc(NS(=O)(=O)c3ccc(Br)cc3)cc2)nc2ccccc21. The molecule has 4 aromatic rings. The Balaban J connectivity index is 1.42. The number of sulfonamides is 1. The molecule has 0 bridgehead atoms. The number of carbonyl (C=O) groups is 1. The van der Waals surface area contributed by atoms with Crippen LogP contribution in [0.4, 0.5) is 5.69 Å². The van der Waals surface area contributed by atoms with Gasteiger partial charge in [0.15, 0.2) is 0 Å². The number of amides is 1. The number of hydrogen-bond acceptors (Lipinski definition) is 4. The molecule has 2 N–H and O–H groups in total. The highest BCUT2D eigenvalue weighted by Gasteiger charge is 2.15. The lowest BCUT2D eigenvalue weighted by Gasteiger charge is -2.09. The molecule has 0 fully saturated rings. The molecule has 0 unspecified atom stereocenters. The molecule has 0 aliphatic heterocycles. The minimum atomic E-state index is -3.71. The van der Waals surface area contributed by atoms with Crippen LogP contribution in [0.25, 0.3) is 11.0 Å². The van der Waals surface area contributed by atoms with Gasteiger partial charge < -0.3 is 9.88 Å². The molecule has 0 aliphatic carbocycles. The molecule has 0 atom stereocenters. The Morgan fingerprint density at radius 3 is 2.35 bits per heavy atom. The van der Waals surface area contributed by atoms with Crippen LogP contribution in [0.5, 0.6) is 0 Å². The highest BCUT2D eigenvalue weighted by atomic mass is 79.9. The van der Waals surface area contributed by atoms with Crippen LogP contribution in [-0.2, 0) is 23.6 Å². The van der Waals surface area contributed by atoms with E-state index in [0.717, 1.165) is 21.3 Å². The first-order valence-corrected chi connectivity index (χ1v) is 11.7. The first-order chi connectivity index (χ1) is 14.8. The second-order valence-corrected chi connectivity index (χ2v) is 9.49. The molecule has 4 rings (SSSR count). The summed E-state index contributed by atoms with van der Waals surface area (Å²) in [5.74, 6) is 0.475. The Kier molecular flexibility index (Phi) is 5.79. The number of para-hydroxylation sites is 2. The molecule has 1 amide bonds. The maximum absolute atomic E-state index is 12.5. The highest BCUT2D eigenvalue weighted by Crippen LogP contribution is 2.19. The molecule has 9 heteroatoms. The fourth-order valence-corrected chi connectivity index (χ4v) is 4.46. The lowest BCUT2D eigenvalue weighted by atomic mass is 10.2. The molecular formula is C22H19BrN4O3S. The number of nitrogens with zero attached hydrogens (tertiary/aromatic N) is 2. The summed E-state index contributed by atoms with van der Waals surface area (Å²) in [6, 6.07) is 20.4. The smallest absolute Gasteiger partial charge is 0.261 e. The van der Waals surface area contributed by atoms with Crippen LogP contribution in [0.15, 0.2) is 82.2 Å². The van der Waals surface area contributed by atoms with Crippen molar-refractivity contribution in [2.45, 2.75) is 11.4 Å². The van der Waals surface area contributed by atoms with E-state index in [4.69, 9.17) is 0 Å². The van der Waals surface area contributed by atoms with Gasteiger partial charge in [-0.05, 0) is 60.7 Å². The number of benzene rings is 3. The number of fused-ring (bicyclic) bond motifs is 1. The number of anilines is 1. The van der Waals surface area contributed by atoms with Crippen molar-refractivity contribution in [2.75, 3.05) is 4.72 Å². The molecule has 0 spiro atoms. The maximum Gasteiger partial charge on any atom is 0.261 e. The van der Waals surface area contributed by atoms with Crippen LogP contribution < -0.4 is 10.0 Å². The highest BCUT2D eigenvalue weighted by molar-refractivity contribution is 9.10. The van der Waals surface area contributed by atoms with Crippen LogP contribution >= 0.6 is 15.9 Å². The van der Waals surface area contributed by atoms with Gasteiger partial charge in [-0.2, -0.15) is 0 Å². The first kappa shape index (κ1) is 21.1. The van der Waals surface area contributed by atoms with Crippen LogP contribution in [0, 0.1) is 0 Å². The van der Waals surface area contributed by atoms with Gasteiger partial charge in [-0.25, -0.2) is 13.4 Å². The summed E-state index contributed by atoms with van der Waals surface area (Å²) >= 11 is 3.28. The Morgan fingerprint density at radius 1 is 1.00 bits per heavy atom. The average Bonchev–Trinajstić information content (AvgIpc) is 3.08. The minimum absolute atomic E-state index is 0.153. The maximum atomic E-state index is 12.5. The Hall–Kier alpha value is -3.17. The summed E-state index contributed by atoms with van der Waals surface area (Å²) < 4.78 is 30.2. The van der Waals surface area contributed by atoms with Crippen LogP contribution in [-0.4, -0.2) is 23.9 Å². The second-order valence-electron chi connectivity index (χ2n) is 6.90. The zero-order chi connectivity index (χ0) is 22.0. The van der Waals surface area contributed by atoms with E-state index in [1.54, 1.807) is 36.4 Å². The van der Waals surface area contributed by atoms with Gasteiger partial charge in [0.05, 0.1) is 22.5 Å². The summed E-state index contributed by atoms with van der Waals surface area (Å²) in [6.45, 7) is 0.280. The molecule has 1 aromatic heterocycles. The minimum Gasteiger partial charge on any atom is -0.345 e. The molecule has 0 saturated heterocycles. The molecule has 158 valence electrons. The summed E-state index contributed by atoms with van der Waals surface area (Å²) in [5.41, 5.74) is 2.66. The zero-order valence-corrected chi connectivity index (χ0v) is 18.9. The predicted molar refractivity (Wildman–Crippen MR) is 123 cm³/mol. The van der Waals surface area contributed by atoms with Crippen molar-refractivity contribution in [2.24, 2.45) is 7.05 Å². The van der Waals surface area contributed by atoms with Crippen molar-refractivity contribution in [1.29, 1.82) is 0 Å². The molecule has 0 radical (unpaired) electrons. The molecule has 1 heterocycles. The number of imidazole rings is 1. The number of aromatic nitrogens is 2. The number of aryl methyl sites for hydroxylation is 1. The monoisotopic (exact) mass is 498 g/mol. The van der Waals surface area contributed by atoms with Crippen molar-refractivity contribution in [3.8, 4) is 0 Å². The van der Waals surface area contributed by atoms with Crippen molar-refractivity contribution in [1.82, 2.24) is 14.9 Å². The summed E-state index contributed by atoms with van der Waals surface area (Å²) in [6.07, 6.45) is 0. The van der Waals surface area contributed by atoms with E-state index in [0.29, 0.717) is 11.3 Å². The summed E-state index contributed by atoms with van der Waals surface area (Å²) in [5, 5.41) is 2.85. The number of nitrogens with one attached hydrogen (secondary N) is 2. The normalized spacial score (nSPS) is 11.4. The van der Waals surface area contributed by atoms with E-state index in [-0.39, 0.29) is 17.3 Å². The van der Waals surface area contributed by atoms with Gasteiger partial charge in [0, 0.05) is 22.8 Å². The van der Waals surface area contributed by atoms with Crippen molar-refractivity contribution in [3.05, 3.63) is 88.7 Å². The van der Waals surface area contributed by atoms with Gasteiger partial charge in [0.25, 0.3) is 15.9 Å². The third kappa shape index (κ3) is 4.62. The van der Waals surface area contributed by atoms with E-state index in [1.165, 1.54) is 12.1 Å². The van der Waals surface area contributed by atoms with Gasteiger partial charge >= 0.3 is 0 Å². The van der Waals surface area contributed by atoms with E-state index >= 15 is 0 Å². The first-order valence-electron chi connectivity index (χ1n) is 9.40. The van der Waals surface area contributed by atoms with E-state index in [1.807, 2.05) is 35.9 Å². The average molecular weight is 499 g/mol.